The molecule has 2 aromatic rings. The van der Waals surface area contributed by atoms with E-state index in [0.29, 0.717) is 5.02 Å². The lowest BCUT2D eigenvalue weighted by Gasteiger charge is -2.13. The highest BCUT2D eigenvalue weighted by Gasteiger charge is 2.13. The summed E-state index contributed by atoms with van der Waals surface area (Å²) in [5.74, 6) is 0. The minimum Gasteiger partial charge on any atom is -0.0843 e. The molecule has 0 nitrogen and oxygen atoms in total. The number of hydrogen-bond donors (Lipinski definition) is 0. The lowest BCUT2D eigenvalue weighted by atomic mass is 10.0. The van der Waals surface area contributed by atoms with Gasteiger partial charge in [0.25, 0.3) is 0 Å². The zero-order valence-electron chi connectivity index (χ0n) is 9.25. The lowest BCUT2D eigenvalue weighted by Crippen LogP contribution is -1.94. The number of rotatable bonds is 2. The molecule has 0 heterocycles. The maximum Gasteiger partial charge on any atom is 0.0659 e. The Morgan fingerprint density at radius 1 is 1.00 bits per heavy atom. The van der Waals surface area contributed by atoms with Crippen LogP contribution in [0, 0.1) is 6.92 Å². The summed E-state index contributed by atoms with van der Waals surface area (Å²) in [5, 5.41) is 1.41. The lowest BCUT2D eigenvalue weighted by molar-refractivity contribution is 1.17. The van der Waals surface area contributed by atoms with Crippen molar-refractivity contribution < 1.29 is 0 Å². The van der Waals surface area contributed by atoms with Crippen LogP contribution in [-0.4, -0.2) is 0 Å². The first-order chi connectivity index (χ1) is 8.08. The molecule has 0 bridgehead atoms. The van der Waals surface area contributed by atoms with Crippen molar-refractivity contribution in [2.75, 3.05) is 0 Å². The van der Waals surface area contributed by atoms with Crippen molar-refractivity contribution >= 4 is 39.1 Å². The van der Waals surface area contributed by atoms with Crippen LogP contribution >= 0.6 is 39.1 Å². The quantitative estimate of drug-likeness (QED) is 0.612. The Morgan fingerprint density at radius 2 is 1.65 bits per heavy atom. The molecular weight excluding hydrogens is 319 g/mol. The molecule has 0 aromatic heterocycles. The second-order valence-electron chi connectivity index (χ2n) is 3.94. The number of alkyl halides is 1. The van der Waals surface area contributed by atoms with Gasteiger partial charge in [-0.05, 0) is 36.2 Å². The van der Waals surface area contributed by atoms with E-state index in [0.717, 1.165) is 10.6 Å². The molecule has 2 rings (SSSR count). The fraction of sp³-hybridized carbons (Fsp3) is 0.143. The minimum absolute atomic E-state index is 0.0642. The van der Waals surface area contributed by atoms with E-state index in [2.05, 4.69) is 47.1 Å². The normalized spacial score (nSPS) is 12.5. The fourth-order valence-corrected chi connectivity index (χ4v) is 2.85. The Balaban J connectivity index is 2.39. The van der Waals surface area contributed by atoms with Crippen LogP contribution in [0.4, 0.5) is 0 Å². The van der Waals surface area contributed by atoms with E-state index < -0.39 is 0 Å². The van der Waals surface area contributed by atoms with Crippen LogP contribution < -0.4 is 0 Å². The molecule has 0 radical (unpaired) electrons. The van der Waals surface area contributed by atoms with Gasteiger partial charge in [0, 0.05) is 10.0 Å². The first-order valence-electron chi connectivity index (χ1n) is 5.23. The highest BCUT2D eigenvalue weighted by molar-refractivity contribution is 9.09. The monoisotopic (exact) mass is 328 g/mol. The molecule has 0 N–H and O–H groups in total. The Morgan fingerprint density at radius 3 is 2.29 bits per heavy atom. The van der Waals surface area contributed by atoms with Crippen LogP contribution in [0.5, 0.6) is 0 Å². The minimum atomic E-state index is 0.0642. The van der Waals surface area contributed by atoms with Crippen molar-refractivity contribution in [1.82, 2.24) is 0 Å². The zero-order chi connectivity index (χ0) is 12.4. The van der Waals surface area contributed by atoms with Gasteiger partial charge in [0.15, 0.2) is 0 Å². The summed E-state index contributed by atoms with van der Waals surface area (Å²) in [6.07, 6.45) is 0. The van der Waals surface area contributed by atoms with E-state index >= 15 is 0 Å². The first kappa shape index (κ1) is 12.9. The van der Waals surface area contributed by atoms with E-state index in [4.69, 9.17) is 23.2 Å². The van der Waals surface area contributed by atoms with E-state index in [1.54, 1.807) is 6.07 Å². The zero-order valence-corrected chi connectivity index (χ0v) is 12.4. The van der Waals surface area contributed by atoms with Gasteiger partial charge in [-0.25, -0.2) is 0 Å². The summed E-state index contributed by atoms with van der Waals surface area (Å²) in [7, 11) is 0. The molecule has 0 amide bonds. The molecule has 0 fully saturated rings. The molecule has 1 unspecified atom stereocenters. The molecule has 17 heavy (non-hydrogen) atoms. The molecule has 0 aliphatic heterocycles. The molecule has 2 aromatic carbocycles. The third kappa shape index (κ3) is 3.04. The van der Waals surface area contributed by atoms with E-state index in [1.807, 2.05) is 12.1 Å². The van der Waals surface area contributed by atoms with Crippen molar-refractivity contribution in [3.63, 3.8) is 0 Å². The van der Waals surface area contributed by atoms with Crippen LogP contribution in [0.25, 0.3) is 0 Å². The molecule has 0 saturated carbocycles. The SMILES string of the molecule is Cc1ccc(C(Br)c2cc(Cl)ccc2Cl)cc1. The van der Waals surface area contributed by atoms with Gasteiger partial charge in [0.1, 0.15) is 0 Å². The Hall–Kier alpha value is -0.500. The first-order valence-corrected chi connectivity index (χ1v) is 6.90. The second kappa shape index (κ2) is 5.43. The average Bonchev–Trinajstić information content (AvgIpc) is 2.32. The Bertz CT molecular complexity index is 520. The highest BCUT2D eigenvalue weighted by atomic mass is 79.9. The summed E-state index contributed by atoms with van der Waals surface area (Å²) in [6.45, 7) is 2.07. The maximum atomic E-state index is 6.18. The Kier molecular flexibility index (Phi) is 4.13. The summed E-state index contributed by atoms with van der Waals surface area (Å²) in [6, 6.07) is 13.9. The van der Waals surface area contributed by atoms with E-state index in [1.165, 1.54) is 11.1 Å². The smallest absolute Gasteiger partial charge is 0.0659 e. The van der Waals surface area contributed by atoms with Gasteiger partial charge in [-0.1, -0.05) is 69.0 Å². The highest BCUT2D eigenvalue weighted by Crippen LogP contribution is 2.36. The number of halogens is 3. The third-order valence-electron chi connectivity index (χ3n) is 2.60. The standard InChI is InChI=1S/C14H11BrCl2/c1-9-2-4-10(5-3-9)14(15)12-8-11(16)6-7-13(12)17/h2-8,14H,1H3. The van der Waals surface area contributed by atoms with Crippen LogP contribution in [0.1, 0.15) is 21.5 Å². The van der Waals surface area contributed by atoms with Crippen molar-refractivity contribution in [1.29, 1.82) is 0 Å². The number of benzene rings is 2. The molecular formula is C14H11BrCl2. The molecule has 0 aliphatic rings. The van der Waals surface area contributed by atoms with Gasteiger partial charge >= 0.3 is 0 Å². The van der Waals surface area contributed by atoms with Crippen molar-refractivity contribution in [2.24, 2.45) is 0 Å². The maximum absolute atomic E-state index is 6.18. The van der Waals surface area contributed by atoms with Gasteiger partial charge in [-0.15, -0.1) is 0 Å². The molecule has 0 saturated heterocycles. The van der Waals surface area contributed by atoms with E-state index in [-0.39, 0.29) is 4.83 Å². The fourth-order valence-electron chi connectivity index (χ4n) is 1.62. The predicted molar refractivity (Wildman–Crippen MR) is 78.4 cm³/mol. The van der Waals surface area contributed by atoms with E-state index in [9.17, 15) is 0 Å². The van der Waals surface area contributed by atoms with Crippen LogP contribution in [0.15, 0.2) is 42.5 Å². The van der Waals surface area contributed by atoms with Gasteiger partial charge in [0.05, 0.1) is 4.83 Å². The van der Waals surface area contributed by atoms with Crippen molar-refractivity contribution in [3.05, 3.63) is 69.2 Å². The summed E-state index contributed by atoms with van der Waals surface area (Å²) < 4.78 is 0. The third-order valence-corrected chi connectivity index (χ3v) is 4.20. The van der Waals surface area contributed by atoms with Crippen molar-refractivity contribution in [3.8, 4) is 0 Å². The number of aryl methyl sites for hydroxylation is 1. The second-order valence-corrected chi connectivity index (χ2v) is 5.70. The van der Waals surface area contributed by atoms with Crippen LogP contribution in [0.3, 0.4) is 0 Å². The molecule has 88 valence electrons. The molecule has 0 spiro atoms. The van der Waals surface area contributed by atoms with Gasteiger partial charge in [-0.2, -0.15) is 0 Å². The van der Waals surface area contributed by atoms with Gasteiger partial charge in [-0.3, -0.25) is 0 Å². The molecule has 3 heteroatoms. The van der Waals surface area contributed by atoms with Crippen LogP contribution in [0.2, 0.25) is 10.0 Å². The summed E-state index contributed by atoms with van der Waals surface area (Å²) in [4.78, 5) is 0.0642. The average molecular weight is 330 g/mol. The number of hydrogen-bond acceptors (Lipinski definition) is 0. The largest absolute Gasteiger partial charge is 0.0843 e. The van der Waals surface area contributed by atoms with Gasteiger partial charge in [0.2, 0.25) is 0 Å². The predicted octanol–water partition coefficient (Wildman–Crippen LogP) is 5.79. The van der Waals surface area contributed by atoms with Crippen molar-refractivity contribution in [2.45, 2.75) is 11.8 Å². The molecule has 0 aliphatic carbocycles. The van der Waals surface area contributed by atoms with Gasteiger partial charge < -0.3 is 0 Å². The Labute approximate surface area is 120 Å². The summed E-state index contributed by atoms with van der Waals surface area (Å²) in [5.41, 5.74) is 3.40. The topological polar surface area (TPSA) is 0 Å². The summed E-state index contributed by atoms with van der Waals surface area (Å²) >= 11 is 15.8. The van der Waals surface area contributed by atoms with Crippen LogP contribution in [-0.2, 0) is 0 Å². The molecule has 1 atom stereocenters.